The van der Waals surface area contributed by atoms with Gasteiger partial charge in [-0.3, -0.25) is 0 Å². The van der Waals surface area contributed by atoms with Crippen LogP contribution < -0.4 is 10.2 Å². The van der Waals surface area contributed by atoms with Gasteiger partial charge >= 0.3 is 0 Å². The molecule has 2 N–H and O–H groups in total. The lowest BCUT2D eigenvalue weighted by atomic mass is 10.1. The topological polar surface area (TPSA) is 53.3 Å². The highest BCUT2D eigenvalue weighted by Crippen LogP contribution is 2.26. The summed E-state index contributed by atoms with van der Waals surface area (Å²) in [4.78, 5) is 6.77. The smallest absolute Gasteiger partial charge is 0.151 e. The second kappa shape index (κ2) is 6.18. The Labute approximate surface area is 125 Å². The molecule has 3 heterocycles. The molecule has 0 aromatic carbocycles. The van der Waals surface area contributed by atoms with E-state index >= 15 is 0 Å². The van der Waals surface area contributed by atoms with Crippen molar-refractivity contribution in [3.63, 3.8) is 0 Å². The summed E-state index contributed by atoms with van der Waals surface area (Å²) in [6, 6.07) is 6.13. The lowest BCUT2D eigenvalue weighted by Gasteiger charge is -2.31. The van der Waals surface area contributed by atoms with E-state index < -0.39 is 0 Å². The standard InChI is InChI=1S/C16H22N4O/c1-19-8-4-13(12-19)11-18-15-3-2-7-17-16(15)20-9-5-14(21)6-10-20/h2-4,7-8,12,14,18,21H,5-6,9-11H2,1H3. The number of hydrogen-bond acceptors (Lipinski definition) is 4. The summed E-state index contributed by atoms with van der Waals surface area (Å²) < 4.78 is 2.05. The van der Waals surface area contributed by atoms with Gasteiger partial charge in [-0.25, -0.2) is 4.98 Å². The van der Waals surface area contributed by atoms with Crippen LogP contribution in [0.25, 0.3) is 0 Å². The molecular formula is C16H22N4O. The number of nitrogens with one attached hydrogen (secondary N) is 1. The first-order chi connectivity index (χ1) is 10.2. The van der Waals surface area contributed by atoms with Crippen LogP contribution in [0.4, 0.5) is 11.5 Å². The van der Waals surface area contributed by atoms with Crippen molar-refractivity contribution in [3.8, 4) is 0 Å². The van der Waals surface area contributed by atoms with Crippen LogP contribution in [0, 0.1) is 0 Å². The number of aryl methyl sites for hydroxylation is 1. The van der Waals surface area contributed by atoms with Crippen LogP contribution in [-0.4, -0.2) is 33.9 Å². The largest absolute Gasteiger partial charge is 0.393 e. The van der Waals surface area contributed by atoms with Gasteiger partial charge in [-0.05, 0) is 36.6 Å². The molecule has 5 nitrogen and oxygen atoms in total. The molecule has 2 aromatic rings. The number of nitrogens with zero attached hydrogens (tertiary/aromatic N) is 3. The molecule has 1 fully saturated rings. The number of anilines is 2. The second-order valence-corrected chi connectivity index (χ2v) is 5.63. The van der Waals surface area contributed by atoms with Crippen molar-refractivity contribution in [2.24, 2.45) is 7.05 Å². The zero-order chi connectivity index (χ0) is 14.7. The molecule has 1 aliphatic heterocycles. The average Bonchev–Trinajstić information content (AvgIpc) is 2.92. The van der Waals surface area contributed by atoms with E-state index in [9.17, 15) is 5.11 Å². The molecule has 2 aromatic heterocycles. The van der Waals surface area contributed by atoms with Gasteiger partial charge in [-0.15, -0.1) is 0 Å². The number of aliphatic hydroxyl groups is 1. The van der Waals surface area contributed by atoms with E-state index in [1.165, 1.54) is 5.56 Å². The van der Waals surface area contributed by atoms with E-state index in [1.807, 2.05) is 30.1 Å². The van der Waals surface area contributed by atoms with E-state index in [1.54, 1.807) is 0 Å². The normalized spacial score (nSPS) is 16.2. The third-order valence-electron chi connectivity index (χ3n) is 3.93. The highest BCUT2D eigenvalue weighted by molar-refractivity contribution is 5.65. The van der Waals surface area contributed by atoms with Gasteiger partial charge in [0.1, 0.15) is 0 Å². The Morgan fingerprint density at radius 1 is 1.33 bits per heavy atom. The fourth-order valence-corrected chi connectivity index (χ4v) is 2.73. The molecule has 0 saturated carbocycles. The molecule has 0 radical (unpaired) electrons. The quantitative estimate of drug-likeness (QED) is 0.902. The number of piperidine rings is 1. The first-order valence-corrected chi connectivity index (χ1v) is 7.45. The van der Waals surface area contributed by atoms with Crippen LogP contribution >= 0.6 is 0 Å². The predicted molar refractivity (Wildman–Crippen MR) is 84.4 cm³/mol. The molecule has 1 saturated heterocycles. The summed E-state index contributed by atoms with van der Waals surface area (Å²) in [6.45, 7) is 2.51. The van der Waals surface area contributed by atoms with Crippen molar-refractivity contribution in [2.75, 3.05) is 23.3 Å². The van der Waals surface area contributed by atoms with Crippen LogP contribution in [0.5, 0.6) is 0 Å². The minimum Gasteiger partial charge on any atom is -0.393 e. The fourth-order valence-electron chi connectivity index (χ4n) is 2.73. The monoisotopic (exact) mass is 286 g/mol. The van der Waals surface area contributed by atoms with Crippen LogP contribution in [0.2, 0.25) is 0 Å². The van der Waals surface area contributed by atoms with Gasteiger partial charge in [-0.1, -0.05) is 0 Å². The molecule has 1 aliphatic rings. The third kappa shape index (κ3) is 3.36. The van der Waals surface area contributed by atoms with Gasteiger partial charge in [0.2, 0.25) is 0 Å². The Balaban J connectivity index is 1.70. The highest BCUT2D eigenvalue weighted by Gasteiger charge is 2.20. The SMILES string of the molecule is Cn1ccc(CNc2cccnc2N2CCC(O)CC2)c1. The van der Waals surface area contributed by atoms with E-state index in [2.05, 4.69) is 33.5 Å². The maximum atomic E-state index is 9.63. The maximum Gasteiger partial charge on any atom is 0.151 e. The molecule has 3 rings (SSSR count). The van der Waals surface area contributed by atoms with Crippen molar-refractivity contribution in [3.05, 3.63) is 42.4 Å². The zero-order valence-corrected chi connectivity index (χ0v) is 12.4. The summed E-state index contributed by atoms with van der Waals surface area (Å²) >= 11 is 0. The van der Waals surface area contributed by atoms with Crippen molar-refractivity contribution in [2.45, 2.75) is 25.5 Å². The lowest BCUT2D eigenvalue weighted by Crippen LogP contribution is -2.36. The van der Waals surface area contributed by atoms with Crippen LogP contribution in [0.3, 0.4) is 0 Å². The Hall–Kier alpha value is -2.01. The molecule has 0 bridgehead atoms. The van der Waals surface area contributed by atoms with Gasteiger partial charge in [0, 0.05) is 45.3 Å². The summed E-state index contributed by atoms with van der Waals surface area (Å²) in [5, 5.41) is 13.1. The molecule has 112 valence electrons. The second-order valence-electron chi connectivity index (χ2n) is 5.63. The van der Waals surface area contributed by atoms with E-state index in [4.69, 9.17) is 0 Å². The van der Waals surface area contributed by atoms with Gasteiger partial charge in [0.05, 0.1) is 11.8 Å². The summed E-state index contributed by atoms with van der Waals surface area (Å²) in [7, 11) is 2.03. The van der Waals surface area contributed by atoms with E-state index in [0.717, 1.165) is 44.0 Å². The third-order valence-corrected chi connectivity index (χ3v) is 3.93. The van der Waals surface area contributed by atoms with Crippen molar-refractivity contribution in [1.82, 2.24) is 9.55 Å². The molecular weight excluding hydrogens is 264 g/mol. The summed E-state index contributed by atoms with van der Waals surface area (Å²) in [6.07, 6.45) is 7.45. The Bertz CT molecular complexity index is 587. The molecule has 21 heavy (non-hydrogen) atoms. The summed E-state index contributed by atoms with van der Waals surface area (Å²) in [5.74, 6) is 0.986. The minimum absolute atomic E-state index is 0.161. The Morgan fingerprint density at radius 3 is 2.86 bits per heavy atom. The van der Waals surface area contributed by atoms with Gasteiger partial charge in [-0.2, -0.15) is 0 Å². The number of aromatic nitrogens is 2. The van der Waals surface area contributed by atoms with Crippen molar-refractivity contribution in [1.29, 1.82) is 0 Å². The molecule has 0 unspecified atom stereocenters. The van der Waals surface area contributed by atoms with Gasteiger partial charge < -0.3 is 19.9 Å². The number of rotatable bonds is 4. The van der Waals surface area contributed by atoms with Gasteiger partial charge in [0.25, 0.3) is 0 Å². The van der Waals surface area contributed by atoms with Crippen LogP contribution in [0.15, 0.2) is 36.8 Å². The predicted octanol–water partition coefficient (Wildman–Crippen LogP) is 1.99. The van der Waals surface area contributed by atoms with E-state index in [0.29, 0.717) is 0 Å². The average molecular weight is 286 g/mol. The summed E-state index contributed by atoms with van der Waals surface area (Å²) in [5.41, 5.74) is 2.30. The van der Waals surface area contributed by atoms with Gasteiger partial charge in [0.15, 0.2) is 5.82 Å². The zero-order valence-electron chi connectivity index (χ0n) is 12.4. The number of pyridine rings is 1. The molecule has 0 spiro atoms. The first kappa shape index (κ1) is 13.9. The molecule has 0 amide bonds. The van der Waals surface area contributed by atoms with Crippen LogP contribution in [0.1, 0.15) is 18.4 Å². The Kier molecular flexibility index (Phi) is 4.10. The van der Waals surface area contributed by atoms with E-state index in [-0.39, 0.29) is 6.10 Å². The number of hydrogen-bond donors (Lipinski definition) is 2. The molecule has 5 heteroatoms. The molecule has 0 atom stereocenters. The lowest BCUT2D eigenvalue weighted by molar-refractivity contribution is 0.145. The minimum atomic E-state index is -0.161. The van der Waals surface area contributed by atoms with Crippen molar-refractivity contribution < 1.29 is 5.11 Å². The maximum absolute atomic E-state index is 9.63. The highest BCUT2D eigenvalue weighted by atomic mass is 16.3. The fraction of sp³-hybridized carbons (Fsp3) is 0.438. The van der Waals surface area contributed by atoms with Crippen molar-refractivity contribution >= 4 is 11.5 Å². The number of aliphatic hydroxyl groups excluding tert-OH is 1. The molecule has 0 aliphatic carbocycles. The van der Waals surface area contributed by atoms with Crippen LogP contribution in [-0.2, 0) is 13.6 Å². The first-order valence-electron chi connectivity index (χ1n) is 7.45. The Morgan fingerprint density at radius 2 is 2.14 bits per heavy atom.